The van der Waals surface area contributed by atoms with Crippen LogP contribution in [0.4, 0.5) is 4.39 Å². The van der Waals surface area contributed by atoms with Crippen LogP contribution in [0, 0.1) is 0 Å². The second-order valence-corrected chi connectivity index (χ2v) is 4.13. The van der Waals surface area contributed by atoms with E-state index in [9.17, 15) is 9.18 Å². The van der Waals surface area contributed by atoms with Gasteiger partial charge in [-0.3, -0.25) is 4.79 Å². The zero-order chi connectivity index (χ0) is 12.4. The van der Waals surface area contributed by atoms with Crippen LogP contribution in [0.5, 0.6) is 0 Å². The standard InChI is InChI=1S/C11H13BFNO3/c13-10-5-6-14(7-10)11(15)8-1-3-9(4-2-8)12(16)17/h1-4,10,16-17H,5-7H2/t10-/m1/s1. The Morgan fingerprint density at radius 1 is 1.35 bits per heavy atom. The number of rotatable bonds is 2. The summed E-state index contributed by atoms with van der Waals surface area (Å²) in [5.74, 6) is -0.218. The third kappa shape index (κ3) is 2.65. The van der Waals surface area contributed by atoms with E-state index in [1.54, 1.807) is 0 Å². The molecule has 6 heteroatoms. The normalized spacial score (nSPS) is 19.5. The molecule has 1 heterocycles. The van der Waals surface area contributed by atoms with Crippen molar-refractivity contribution >= 4 is 18.5 Å². The van der Waals surface area contributed by atoms with E-state index in [0.717, 1.165) is 0 Å². The Balaban J connectivity index is 2.09. The van der Waals surface area contributed by atoms with Crippen LogP contribution >= 0.6 is 0 Å². The van der Waals surface area contributed by atoms with Gasteiger partial charge in [0, 0.05) is 12.1 Å². The molecule has 1 aliphatic rings. The molecule has 0 saturated carbocycles. The van der Waals surface area contributed by atoms with Gasteiger partial charge < -0.3 is 14.9 Å². The van der Waals surface area contributed by atoms with E-state index >= 15 is 0 Å². The minimum absolute atomic E-state index is 0.142. The highest BCUT2D eigenvalue weighted by molar-refractivity contribution is 6.58. The molecule has 1 amide bonds. The highest BCUT2D eigenvalue weighted by Gasteiger charge is 2.26. The van der Waals surface area contributed by atoms with Crippen LogP contribution in [-0.2, 0) is 0 Å². The molecule has 1 aromatic carbocycles. The van der Waals surface area contributed by atoms with E-state index in [0.29, 0.717) is 24.0 Å². The summed E-state index contributed by atoms with van der Waals surface area (Å²) >= 11 is 0. The van der Waals surface area contributed by atoms with Crippen molar-refractivity contribution in [1.82, 2.24) is 4.90 Å². The fourth-order valence-electron chi connectivity index (χ4n) is 1.88. The Morgan fingerprint density at radius 2 is 2.00 bits per heavy atom. The van der Waals surface area contributed by atoms with Crippen LogP contribution in [0.3, 0.4) is 0 Å². The number of hydrogen-bond acceptors (Lipinski definition) is 3. The number of carbonyl (C=O) groups excluding carboxylic acids is 1. The maximum Gasteiger partial charge on any atom is 0.488 e. The Labute approximate surface area is 98.8 Å². The number of benzene rings is 1. The third-order valence-electron chi connectivity index (χ3n) is 2.87. The van der Waals surface area contributed by atoms with E-state index in [1.807, 2.05) is 0 Å². The fourth-order valence-corrected chi connectivity index (χ4v) is 1.88. The summed E-state index contributed by atoms with van der Waals surface area (Å²) in [7, 11) is -1.54. The van der Waals surface area contributed by atoms with Gasteiger partial charge in [-0.25, -0.2) is 4.39 Å². The number of nitrogens with zero attached hydrogens (tertiary/aromatic N) is 1. The summed E-state index contributed by atoms with van der Waals surface area (Å²) in [4.78, 5) is 13.4. The fraction of sp³-hybridized carbons (Fsp3) is 0.364. The number of hydrogen-bond donors (Lipinski definition) is 2. The van der Waals surface area contributed by atoms with Crippen LogP contribution in [0.25, 0.3) is 0 Å². The van der Waals surface area contributed by atoms with E-state index in [2.05, 4.69) is 0 Å². The van der Waals surface area contributed by atoms with Crippen molar-refractivity contribution in [1.29, 1.82) is 0 Å². The summed E-state index contributed by atoms with van der Waals surface area (Å²) in [6.45, 7) is 0.577. The first-order valence-electron chi connectivity index (χ1n) is 5.47. The van der Waals surface area contributed by atoms with Crippen LogP contribution < -0.4 is 5.46 Å². The van der Waals surface area contributed by atoms with Gasteiger partial charge >= 0.3 is 7.12 Å². The van der Waals surface area contributed by atoms with Crippen molar-refractivity contribution in [2.24, 2.45) is 0 Å². The lowest BCUT2D eigenvalue weighted by atomic mass is 9.80. The maximum absolute atomic E-state index is 13.0. The summed E-state index contributed by atoms with van der Waals surface area (Å²) in [6, 6.07) is 5.98. The van der Waals surface area contributed by atoms with Crippen LogP contribution in [0.2, 0.25) is 0 Å². The predicted molar refractivity (Wildman–Crippen MR) is 61.7 cm³/mol. The minimum Gasteiger partial charge on any atom is -0.423 e. The summed E-state index contributed by atoms with van der Waals surface area (Å²) < 4.78 is 13.0. The summed E-state index contributed by atoms with van der Waals surface area (Å²) in [6.07, 6.45) is -0.545. The van der Waals surface area contributed by atoms with Gasteiger partial charge in [0.25, 0.3) is 5.91 Å². The molecular formula is C11H13BFNO3. The molecule has 0 aromatic heterocycles. The molecule has 1 fully saturated rings. The molecular weight excluding hydrogens is 224 g/mol. The van der Waals surface area contributed by atoms with Gasteiger partial charge in [0.05, 0.1) is 6.54 Å². The first-order valence-corrected chi connectivity index (χ1v) is 5.47. The van der Waals surface area contributed by atoms with Crippen molar-refractivity contribution in [3.8, 4) is 0 Å². The van der Waals surface area contributed by atoms with Crippen molar-refractivity contribution in [3.63, 3.8) is 0 Å². The Kier molecular flexibility index (Phi) is 3.45. The Hall–Kier alpha value is -1.40. The zero-order valence-corrected chi connectivity index (χ0v) is 9.21. The van der Waals surface area contributed by atoms with E-state index in [4.69, 9.17) is 10.0 Å². The lowest BCUT2D eigenvalue weighted by molar-refractivity contribution is 0.0783. The average molecular weight is 237 g/mol. The van der Waals surface area contributed by atoms with Crippen LogP contribution in [-0.4, -0.2) is 47.2 Å². The molecule has 1 atom stereocenters. The Bertz CT molecular complexity index is 410. The number of alkyl halides is 1. The monoisotopic (exact) mass is 237 g/mol. The second kappa shape index (κ2) is 4.85. The molecule has 2 N–H and O–H groups in total. The summed E-state index contributed by atoms with van der Waals surface area (Å²) in [5.41, 5.74) is 0.759. The highest BCUT2D eigenvalue weighted by Crippen LogP contribution is 2.15. The second-order valence-electron chi connectivity index (χ2n) is 4.13. The van der Waals surface area contributed by atoms with E-state index < -0.39 is 13.3 Å². The SMILES string of the molecule is O=C(c1ccc(B(O)O)cc1)N1CC[C@@H](F)C1. The molecule has 17 heavy (non-hydrogen) atoms. The van der Waals surface area contributed by atoms with Gasteiger partial charge in [0.2, 0.25) is 0 Å². The molecule has 0 radical (unpaired) electrons. The van der Waals surface area contributed by atoms with E-state index in [1.165, 1.54) is 29.2 Å². The molecule has 0 spiro atoms. The zero-order valence-electron chi connectivity index (χ0n) is 9.21. The van der Waals surface area contributed by atoms with Gasteiger partial charge in [-0.15, -0.1) is 0 Å². The molecule has 1 aromatic rings. The third-order valence-corrected chi connectivity index (χ3v) is 2.87. The van der Waals surface area contributed by atoms with Gasteiger partial charge in [0.15, 0.2) is 0 Å². The molecule has 2 rings (SSSR count). The van der Waals surface area contributed by atoms with Crippen molar-refractivity contribution < 1.29 is 19.2 Å². The van der Waals surface area contributed by atoms with Gasteiger partial charge in [-0.2, -0.15) is 0 Å². The molecule has 0 aliphatic carbocycles. The molecule has 0 unspecified atom stereocenters. The smallest absolute Gasteiger partial charge is 0.423 e. The highest BCUT2D eigenvalue weighted by atomic mass is 19.1. The predicted octanol–water partition coefficient (Wildman–Crippen LogP) is -0.450. The van der Waals surface area contributed by atoms with Gasteiger partial charge in [-0.1, -0.05) is 12.1 Å². The molecule has 1 saturated heterocycles. The number of amides is 1. The molecule has 90 valence electrons. The van der Waals surface area contributed by atoms with Gasteiger partial charge in [0.1, 0.15) is 6.17 Å². The average Bonchev–Trinajstić information content (AvgIpc) is 2.75. The topological polar surface area (TPSA) is 60.8 Å². The summed E-state index contributed by atoms with van der Waals surface area (Å²) in [5, 5.41) is 17.8. The largest absolute Gasteiger partial charge is 0.488 e. The minimum atomic E-state index is -1.54. The lowest BCUT2D eigenvalue weighted by Crippen LogP contribution is -2.31. The Morgan fingerprint density at radius 3 is 2.47 bits per heavy atom. The van der Waals surface area contributed by atoms with Crippen LogP contribution in [0.15, 0.2) is 24.3 Å². The van der Waals surface area contributed by atoms with Gasteiger partial charge in [-0.05, 0) is 24.0 Å². The first kappa shape index (κ1) is 12.1. The number of halogens is 1. The van der Waals surface area contributed by atoms with Crippen molar-refractivity contribution in [2.75, 3.05) is 13.1 Å². The molecule has 0 bridgehead atoms. The maximum atomic E-state index is 13.0. The first-order chi connectivity index (χ1) is 8.08. The van der Waals surface area contributed by atoms with E-state index in [-0.39, 0.29) is 12.5 Å². The van der Waals surface area contributed by atoms with Crippen molar-refractivity contribution in [2.45, 2.75) is 12.6 Å². The number of likely N-dealkylation sites (tertiary alicyclic amines) is 1. The lowest BCUT2D eigenvalue weighted by Gasteiger charge is -2.15. The quantitative estimate of drug-likeness (QED) is 0.685. The molecule has 4 nitrogen and oxygen atoms in total. The van der Waals surface area contributed by atoms with Crippen LogP contribution in [0.1, 0.15) is 16.8 Å². The van der Waals surface area contributed by atoms with Crippen molar-refractivity contribution in [3.05, 3.63) is 29.8 Å². The molecule has 1 aliphatic heterocycles. The number of carbonyl (C=O) groups is 1.